The van der Waals surface area contributed by atoms with E-state index in [1.54, 1.807) is 6.20 Å². The number of carbonyl (C=O) groups excluding carboxylic acids is 1. The fraction of sp³-hybridized carbons (Fsp3) is 0.250. The van der Waals surface area contributed by atoms with Gasteiger partial charge in [0.2, 0.25) is 0 Å². The second-order valence-electron chi connectivity index (χ2n) is 4.76. The monoisotopic (exact) mass is 255 g/mol. The van der Waals surface area contributed by atoms with Crippen molar-refractivity contribution in [3.05, 3.63) is 65.0 Å². The molecule has 1 amide bonds. The van der Waals surface area contributed by atoms with Gasteiger partial charge in [0, 0.05) is 0 Å². The summed E-state index contributed by atoms with van der Waals surface area (Å²) >= 11 is 0. The number of hydrogen-bond acceptors (Lipinski definition) is 1. The van der Waals surface area contributed by atoms with Gasteiger partial charge in [0.15, 0.2) is 0 Å². The van der Waals surface area contributed by atoms with Crippen LogP contribution in [0.4, 0.5) is 4.79 Å². The second kappa shape index (κ2) is 5.65. The molecule has 1 aromatic carbocycles. The minimum absolute atomic E-state index is 0.432. The molecule has 0 saturated carbocycles. The molecular formula is C16H19N2O+. The zero-order valence-electron chi connectivity index (χ0n) is 11.4. The molecule has 1 aromatic heterocycles. The number of nitrogens with two attached hydrogens (primary N) is 1. The predicted molar refractivity (Wildman–Crippen MR) is 74.9 cm³/mol. The lowest BCUT2D eigenvalue weighted by molar-refractivity contribution is -0.577. The third-order valence-corrected chi connectivity index (χ3v) is 3.49. The van der Waals surface area contributed by atoms with Gasteiger partial charge < -0.3 is 0 Å². The summed E-state index contributed by atoms with van der Waals surface area (Å²) in [4.78, 5) is 11.3. The SMILES string of the molecule is Cc1cc[n+](C(N)=O)c(C)c1CCc1ccccc1. The Morgan fingerprint density at radius 1 is 1.11 bits per heavy atom. The van der Waals surface area contributed by atoms with Gasteiger partial charge in [0.1, 0.15) is 5.69 Å². The van der Waals surface area contributed by atoms with E-state index in [2.05, 4.69) is 19.1 Å². The van der Waals surface area contributed by atoms with Gasteiger partial charge in [-0.2, -0.15) is 9.36 Å². The number of aryl methyl sites for hydroxylation is 2. The largest absolute Gasteiger partial charge is 0.493 e. The highest BCUT2D eigenvalue weighted by Gasteiger charge is 2.15. The molecule has 3 nitrogen and oxygen atoms in total. The summed E-state index contributed by atoms with van der Waals surface area (Å²) in [5, 5.41) is 0. The van der Waals surface area contributed by atoms with Gasteiger partial charge in [-0.25, -0.2) is 0 Å². The molecule has 98 valence electrons. The number of nitrogens with zero attached hydrogens (tertiary/aromatic N) is 1. The van der Waals surface area contributed by atoms with Crippen molar-refractivity contribution in [3.63, 3.8) is 0 Å². The molecule has 2 rings (SSSR count). The Kier molecular flexibility index (Phi) is 3.95. The van der Waals surface area contributed by atoms with Gasteiger partial charge in [-0.3, -0.25) is 5.73 Å². The zero-order valence-corrected chi connectivity index (χ0v) is 11.4. The molecule has 2 N–H and O–H groups in total. The summed E-state index contributed by atoms with van der Waals surface area (Å²) in [6.07, 6.45) is 3.61. The standard InChI is InChI=1S/C16H18N2O/c1-12-10-11-18(16(17)19)13(2)15(12)9-8-14-6-4-3-5-7-14/h3-7,10-11H,8-9H2,1-2H3,(H-,17,19)/p+1. The third-order valence-electron chi connectivity index (χ3n) is 3.49. The van der Waals surface area contributed by atoms with Crippen LogP contribution in [0.15, 0.2) is 42.6 Å². The third kappa shape index (κ3) is 2.99. The van der Waals surface area contributed by atoms with Gasteiger partial charge >= 0.3 is 6.03 Å². The molecule has 1 heterocycles. The average molecular weight is 255 g/mol. The molecule has 0 spiro atoms. The molecule has 0 atom stereocenters. The van der Waals surface area contributed by atoms with E-state index < -0.39 is 6.03 Å². The van der Waals surface area contributed by atoms with E-state index >= 15 is 0 Å². The molecule has 3 heteroatoms. The maximum Gasteiger partial charge on any atom is 0.493 e. The molecule has 0 aliphatic carbocycles. The highest BCUT2D eigenvalue weighted by molar-refractivity contribution is 5.62. The van der Waals surface area contributed by atoms with E-state index in [0.717, 1.165) is 18.5 Å². The molecule has 2 aromatic rings. The Labute approximate surface area is 113 Å². The number of pyridine rings is 1. The lowest BCUT2D eigenvalue weighted by Gasteiger charge is -2.10. The van der Waals surface area contributed by atoms with Crippen LogP contribution in [-0.4, -0.2) is 6.03 Å². The Hall–Kier alpha value is -2.16. The first-order valence-corrected chi connectivity index (χ1v) is 6.44. The molecule has 0 fully saturated rings. The summed E-state index contributed by atoms with van der Waals surface area (Å²) < 4.78 is 1.51. The fourth-order valence-electron chi connectivity index (χ4n) is 2.36. The van der Waals surface area contributed by atoms with E-state index in [-0.39, 0.29) is 0 Å². The first-order chi connectivity index (χ1) is 9.09. The van der Waals surface area contributed by atoms with E-state index in [0.29, 0.717) is 0 Å². The predicted octanol–water partition coefficient (Wildman–Crippen LogP) is 2.30. The molecule has 0 aliphatic rings. The van der Waals surface area contributed by atoms with Gasteiger partial charge in [0.05, 0.1) is 6.20 Å². The van der Waals surface area contributed by atoms with Gasteiger partial charge in [-0.05, 0) is 49.4 Å². The van der Waals surface area contributed by atoms with Crippen molar-refractivity contribution >= 4 is 6.03 Å². The van der Waals surface area contributed by atoms with Crippen LogP contribution < -0.4 is 10.3 Å². The number of hydrogen-bond donors (Lipinski definition) is 1. The number of primary amides is 1. The second-order valence-corrected chi connectivity index (χ2v) is 4.76. The van der Waals surface area contributed by atoms with Crippen LogP contribution in [0.25, 0.3) is 0 Å². The maximum atomic E-state index is 11.3. The molecule has 19 heavy (non-hydrogen) atoms. The fourth-order valence-corrected chi connectivity index (χ4v) is 2.36. The zero-order chi connectivity index (χ0) is 13.8. The van der Waals surface area contributed by atoms with Gasteiger partial charge in [0.25, 0.3) is 0 Å². The van der Waals surface area contributed by atoms with Crippen LogP contribution in [0.2, 0.25) is 0 Å². The van der Waals surface area contributed by atoms with Crippen molar-refractivity contribution in [2.45, 2.75) is 26.7 Å². The van der Waals surface area contributed by atoms with Crippen molar-refractivity contribution in [2.75, 3.05) is 0 Å². The number of carbonyl (C=O) groups is 1. The van der Waals surface area contributed by atoms with E-state index in [1.807, 2.05) is 31.2 Å². The number of benzene rings is 1. The van der Waals surface area contributed by atoms with Crippen molar-refractivity contribution in [2.24, 2.45) is 5.73 Å². The first-order valence-electron chi connectivity index (χ1n) is 6.44. The lowest BCUT2D eigenvalue weighted by atomic mass is 9.99. The lowest BCUT2D eigenvalue weighted by Crippen LogP contribution is -2.50. The first kappa shape index (κ1) is 13.3. The van der Waals surface area contributed by atoms with Crippen LogP contribution in [0.1, 0.15) is 22.4 Å². The van der Waals surface area contributed by atoms with Crippen molar-refractivity contribution in [1.29, 1.82) is 0 Å². The highest BCUT2D eigenvalue weighted by Crippen LogP contribution is 2.13. The van der Waals surface area contributed by atoms with Crippen LogP contribution in [0.5, 0.6) is 0 Å². The van der Waals surface area contributed by atoms with Gasteiger partial charge in [-0.1, -0.05) is 30.3 Å². The van der Waals surface area contributed by atoms with E-state index in [9.17, 15) is 4.79 Å². The molecular weight excluding hydrogens is 236 g/mol. The summed E-state index contributed by atoms with van der Waals surface area (Å²) in [6, 6.07) is 11.9. The Bertz CT molecular complexity index is 591. The van der Waals surface area contributed by atoms with E-state index in [1.165, 1.54) is 21.3 Å². The summed E-state index contributed by atoms with van der Waals surface area (Å²) in [5.74, 6) is 0. The van der Waals surface area contributed by atoms with Crippen LogP contribution in [-0.2, 0) is 12.8 Å². The molecule has 0 aliphatic heterocycles. The van der Waals surface area contributed by atoms with Crippen LogP contribution in [0.3, 0.4) is 0 Å². The van der Waals surface area contributed by atoms with Crippen molar-refractivity contribution in [1.82, 2.24) is 0 Å². The minimum Gasteiger partial charge on any atom is -0.250 e. The summed E-state index contributed by atoms with van der Waals surface area (Å²) in [7, 11) is 0. The Balaban J connectivity index is 2.25. The number of amides is 1. The van der Waals surface area contributed by atoms with Crippen LogP contribution >= 0.6 is 0 Å². The summed E-state index contributed by atoms with van der Waals surface area (Å²) in [5.41, 5.74) is 10.00. The molecule has 0 bridgehead atoms. The van der Waals surface area contributed by atoms with E-state index in [4.69, 9.17) is 5.73 Å². The Morgan fingerprint density at radius 3 is 2.42 bits per heavy atom. The normalized spacial score (nSPS) is 10.4. The quantitative estimate of drug-likeness (QED) is 0.840. The minimum atomic E-state index is -0.432. The summed E-state index contributed by atoms with van der Waals surface area (Å²) in [6.45, 7) is 4.01. The topological polar surface area (TPSA) is 47.0 Å². The molecule has 0 saturated heterocycles. The number of rotatable bonds is 3. The highest BCUT2D eigenvalue weighted by atomic mass is 16.2. The Morgan fingerprint density at radius 2 is 1.79 bits per heavy atom. The molecule has 0 radical (unpaired) electrons. The van der Waals surface area contributed by atoms with Crippen LogP contribution in [0, 0.1) is 13.8 Å². The van der Waals surface area contributed by atoms with Crippen molar-refractivity contribution < 1.29 is 9.36 Å². The van der Waals surface area contributed by atoms with Gasteiger partial charge in [-0.15, -0.1) is 0 Å². The smallest absolute Gasteiger partial charge is 0.250 e. The molecule has 0 unspecified atom stereocenters. The maximum absolute atomic E-state index is 11.3. The van der Waals surface area contributed by atoms with Crippen molar-refractivity contribution in [3.8, 4) is 0 Å². The number of aromatic nitrogens is 1. The average Bonchev–Trinajstić information content (AvgIpc) is 2.39.